The van der Waals surface area contributed by atoms with E-state index in [2.05, 4.69) is 0 Å². The summed E-state index contributed by atoms with van der Waals surface area (Å²) in [6.45, 7) is 0.586. The lowest BCUT2D eigenvalue weighted by Gasteiger charge is -2.33. The largest absolute Gasteiger partial charge is 0.452 e. The van der Waals surface area contributed by atoms with Gasteiger partial charge in [-0.2, -0.15) is 4.31 Å². The van der Waals surface area contributed by atoms with E-state index >= 15 is 0 Å². The van der Waals surface area contributed by atoms with Gasteiger partial charge in [0.1, 0.15) is 0 Å². The number of carbonyl (C=O) groups is 2. The van der Waals surface area contributed by atoms with Gasteiger partial charge in [-0.1, -0.05) is 0 Å². The Morgan fingerprint density at radius 1 is 1.12 bits per heavy atom. The molecular weight excluding hydrogens is 368 g/mol. The fourth-order valence-corrected chi connectivity index (χ4v) is 3.70. The first-order valence-electron chi connectivity index (χ1n) is 7.52. The summed E-state index contributed by atoms with van der Waals surface area (Å²) in [6.07, 6.45) is 2.67. The summed E-state index contributed by atoms with van der Waals surface area (Å²) in [5.41, 5.74) is 0.267. The van der Waals surface area contributed by atoms with Crippen molar-refractivity contribution in [3.05, 3.63) is 29.8 Å². The molecule has 1 aromatic carbocycles. The van der Waals surface area contributed by atoms with E-state index in [1.807, 2.05) is 0 Å². The Balaban J connectivity index is 1.84. The molecule has 0 radical (unpaired) electrons. The van der Waals surface area contributed by atoms with Crippen LogP contribution in [0.25, 0.3) is 0 Å². The maximum atomic E-state index is 12.1. The van der Waals surface area contributed by atoms with E-state index in [9.17, 15) is 22.2 Å². The van der Waals surface area contributed by atoms with Gasteiger partial charge in [0.25, 0.3) is 5.91 Å². The predicted molar refractivity (Wildman–Crippen MR) is 92.1 cm³/mol. The predicted octanol–water partition coefficient (Wildman–Crippen LogP) is -0.315. The number of esters is 1. The fraction of sp³-hybridized carbons (Fsp3) is 0.467. The summed E-state index contributed by atoms with van der Waals surface area (Å²) >= 11 is 0. The van der Waals surface area contributed by atoms with Gasteiger partial charge in [0, 0.05) is 48.1 Å². The highest BCUT2D eigenvalue weighted by Gasteiger charge is 2.26. The molecular formula is C15H20N2O6S2. The second-order valence-corrected chi connectivity index (χ2v) is 8.96. The minimum atomic E-state index is -3.26. The number of amides is 1. The molecule has 0 aromatic heterocycles. The van der Waals surface area contributed by atoms with Crippen molar-refractivity contribution in [1.82, 2.24) is 9.21 Å². The fourth-order valence-electron chi connectivity index (χ4n) is 2.35. The molecule has 0 bridgehead atoms. The zero-order valence-corrected chi connectivity index (χ0v) is 15.6. The van der Waals surface area contributed by atoms with Crippen LogP contribution in [0.4, 0.5) is 0 Å². The lowest BCUT2D eigenvalue weighted by atomic mass is 10.2. The number of rotatable bonds is 5. The Bertz CT molecular complexity index is 768. The molecule has 0 saturated carbocycles. The van der Waals surface area contributed by atoms with Gasteiger partial charge in [-0.3, -0.25) is 9.00 Å². The Labute approximate surface area is 149 Å². The van der Waals surface area contributed by atoms with Crippen molar-refractivity contribution in [2.75, 3.05) is 45.3 Å². The highest BCUT2D eigenvalue weighted by molar-refractivity contribution is 7.88. The summed E-state index contributed by atoms with van der Waals surface area (Å²) in [7, 11) is -4.39. The maximum Gasteiger partial charge on any atom is 0.338 e. The van der Waals surface area contributed by atoms with E-state index in [1.54, 1.807) is 12.1 Å². The van der Waals surface area contributed by atoms with Crippen molar-refractivity contribution in [3.8, 4) is 0 Å². The molecule has 0 aliphatic carbocycles. The Hall–Kier alpha value is -1.78. The zero-order valence-electron chi connectivity index (χ0n) is 14.0. The summed E-state index contributed by atoms with van der Waals surface area (Å²) in [4.78, 5) is 26.1. The first kappa shape index (κ1) is 19.5. The van der Waals surface area contributed by atoms with E-state index in [0.29, 0.717) is 4.90 Å². The van der Waals surface area contributed by atoms with E-state index in [-0.39, 0.29) is 37.6 Å². The molecule has 1 atom stereocenters. The normalized spacial score (nSPS) is 17.1. The average Bonchev–Trinajstić information content (AvgIpc) is 2.58. The highest BCUT2D eigenvalue weighted by Crippen LogP contribution is 2.10. The number of carbonyl (C=O) groups excluding carboxylic acids is 2. The number of nitrogens with zero attached hydrogens (tertiary/aromatic N) is 2. The first-order chi connectivity index (χ1) is 11.7. The molecule has 1 aromatic rings. The van der Waals surface area contributed by atoms with Gasteiger partial charge in [0.05, 0.1) is 11.8 Å². The van der Waals surface area contributed by atoms with Crippen LogP contribution in [0.5, 0.6) is 0 Å². The van der Waals surface area contributed by atoms with E-state index in [4.69, 9.17) is 4.74 Å². The van der Waals surface area contributed by atoms with Crippen LogP contribution in [0.2, 0.25) is 0 Å². The Morgan fingerprint density at radius 2 is 1.68 bits per heavy atom. The van der Waals surface area contributed by atoms with Crippen LogP contribution in [-0.2, 0) is 30.4 Å². The van der Waals surface area contributed by atoms with Crippen molar-refractivity contribution in [2.24, 2.45) is 0 Å². The standard InChI is InChI=1S/C15H20N2O6S2/c1-24(20)13-5-3-12(4-6-13)15(19)23-11-14(18)16-7-9-17(10-8-16)25(2,21)22/h3-6H,7-11H2,1-2H3. The summed E-state index contributed by atoms with van der Waals surface area (Å²) in [5.74, 6) is -1.01. The van der Waals surface area contributed by atoms with Crippen LogP contribution >= 0.6 is 0 Å². The molecule has 0 N–H and O–H groups in total. The average molecular weight is 388 g/mol. The molecule has 0 spiro atoms. The molecule has 10 heteroatoms. The molecule has 1 saturated heterocycles. The summed E-state index contributed by atoms with van der Waals surface area (Å²) in [6, 6.07) is 6.13. The lowest BCUT2D eigenvalue weighted by Crippen LogP contribution is -2.51. The lowest BCUT2D eigenvalue weighted by molar-refractivity contribution is -0.135. The molecule has 8 nitrogen and oxygen atoms in total. The quantitative estimate of drug-likeness (QED) is 0.641. The molecule has 1 amide bonds. The third-order valence-corrected chi connectivity index (χ3v) is 6.05. The Morgan fingerprint density at radius 3 is 2.16 bits per heavy atom. The van der Waals surface area contributed by atoms with Gasteiger partial charge in [-0.25, -0.2) is 13.2 Å². The highest BCUT2D eigenvalue weighted by atomic mass is 32.2. The minimum absolute atomic E-state index is 0.230. The van der Waals surface area contributed by atoms with Gasteiger partial charge < -0.3 is 9.64 Å². The van der Waals surface area contributed by atoms with Crippen LogP contribution < -0.4 is 0 Å². The third-order valence-electron chi connectivity index (χ3n) is 3.81. The molecule has 138 valence electrons. The molecule has 1 heterocycles. The third kappa shape index (κ3) is 5.35. The van der Waals surface area contributed by atoms with Crippen LogP contribution in [0.3, 0.4) is 0 Å². The number of benzene rings is 1. The van der Waals surface area contributed by atoms with Crippen LogP contribution in [0.15, 0.2) is 29.2 Å². The number of piperazine rings is 1. The van der Waals surface area contributed by atoms with E-state index < -0.39 is 33.4 Å². The molecule has 1 aliphatic heterocycles. The number of hydrogen-bond donors (Lipinski definition) is 0. The maximum absolute atomic E-state index is 12.1. The summed E-state index contributed by atoms with van der Waals surface area (Å²) < 4.78 is 40.5. The van der Waals surface area contributed by atoms with Crippen LogP contribution in [0.1, 0.15) is 10.4 Å². The first-order valence-corrected chi connectivity index (χ1v) is 10.9. The van der Waals surface area contributed by atoms with Gasteiger partial charge >= 0.3 is 5.97 Å². The number of sulfonamides is 1. The van der Waals surface area contributed by atoms with E-state index in [0.717, 1.165) is 6.26 Å². The van der Waals surface area contributed by atoms with Crippen LogP contribution in [-0.4, -0.2) is 79.0 Å². The molecule has 1 fully saturated rings. The molecule has 1 aliphatic rings. The molecule has 25 heavy (non-hydrogen) atoms. The SMILES string of the molecule is CS(=O)c1ccc(C(=O)OCC(=O)N2CCN(S(C)(=O)=O)CC2)cc1. The number of hydrogen-bond acceptors (Lipinski definition) is 6. The summed E-state index contributed by atoms with van der Waals surface area (Å²) in [5, 5.41) is 0. The van der Waals surface area contributed by atoms with Crippen molar-refractivity contribution in [2.45, 2.75) is 4.90 Å². The van der Waals surface area contributed by atoms with Gasteiger partial charge in [0.15, 0.2) is 6.61 Å². The second-order valence-electron chi connectivity index (χ2n) is 5.60. The number of ether oxygens (including phenoxy) is 1. The Kier molecular flexibility index (Phi) is 6.31. The van der Waals surface area contributed by atoms with Crippen molar-refractivity contribution >= 4 is 32.7 Å². The van der Waals surface area contributed by atoms with Crippen LogP contribution in [0, 0.1) is 0 Å². The van der Waals surface area contributed by atoms with E-state index in [1.165, 1.54) is 27.6 Å². The van der Waals surface area contributed by atoms with Crippen molar-refractivity contribution < 1.29 is 27.0 Å². The minimum Gasteiger partial charge on any atom is -0.452 e. The molecule has 2 rings (SSSR count). The van der Waals surface area contributed by atoms with Gasteiger partial charge in [-0.05, 0) is 24.3 Å². The topological polar surface area (TPSA) is 101 Å². The second kappa shape index (κ2) is 8.07. The van der Waals surface area contributed by atoms with Crippen molar-refractivity contribution in [3.63, 3.8) is 0 Å². The zero-order chi connectivity index (χ0) is 18.6. The van der Waals surface area contributed by atoms with Gasteiger partial charge in [-0.15, -0.1) is 0 Å². The van der Waals surface area contributed by atoms with Crippen molar-refractivity contribution in [1.29, 1.82) is 0 Å². The monoisotopic (exact) mass is 388 g/mol. The van der Waals surface area contributed by atoms with Gasteiger partial charge in [0.2, 0.25) is 10.0 Å². The smallest absolute Gasteiger partial charge is 0.338 e. The molecule has 1 unspecified atom stereocenters.